The molecule has 0 aliphatic heterocycles. The second-order valence-electron chi connectivity index (χ2n) is 4.45. The summed E-state index contributed by atoms with van der Waals surface area (Å²) in [5, 5.41) is 1.89. The highest BCUT2D eigenvalue weighted by molar-refractivity contribution is 6.11. The number of carbonyl (C=O) groups is 1. The van der Waals surface area contributed by atoms with Crippen LogP contribution in [0.4, 0.5) is 0 Å². The van der Waals surface area contributed by atoms with Gasteiger partial charge in [0.1, 0.15) is 0 Å². The molecular formula is C15H14N2O2. The third-order valence-electron chi connectivity index (χ3n) is 3.15. The number of aromatic nitrogens is 2. The first kappa shape index (κ1) is 11.7. The SMILES string of the molecule is CCOC(=O)c1cc(C)[nH]c2c1ccc1nccc12. The van der Waals surface area contributed by atoms with Gasteiger partial charge in [-0.05, 0) is 38.1 Å². The molecule has 4 heteroatoms. The Balaban J connectivity index is 2.36. The molecule has 0 radical (unpaired) electrons. The van der Waals surface area contributed by atoms with E-state index in [4.69, 9.17) is 4.74 Å². The molecule has 0 amide bonds. The lowest BCUT2D eigenvalue weighted by Crippen LogP contribution is -2.06. The summed E-state index contributed by atoms with van der Waals surface area (Å²) in [4.78, 5) is 19.6. The van der Waals surface area contributed by atoms with E-state index in [-0.39, 0.29) is 5.97 Å². The van der Waals surface area contributed by atoms with E-state index in [1.807, 2.05) is 31.2 Å². The van der Waals surface area contributed by atoms with Crippen LogP contribution in [0.25, 0.3) is 21.8 Å². The van der Waals surface area contributed by atoms with Gasteiger partial charge in [-0.1, -0.05) is 0 Å². The van der Waals surface area contributed by atoms with Gasteiger partial charge in [0.15, 0.2) is 0 Å². The molecule has 3 rings (SSSR count). The predicted molar refractivity (Wildman–Crippen MR) is 74.3 cm³/mol. The van der Waals surface area contributed by atoms with E-state index in [0.717, 1.165) is 27.5 Å². The van der Waals surface area contributed by atoms with Crippen molar-refractivity contribution >= 4 is 27.8 Å². The largest absolute Gasteiger partial charge is 0.462 e. The number of ether oxygens (including phenoxy) is 1. The summed E-state index contributed by atoms with van der Waals surface area (Å²) in [5.74, 6) is -0.288. The fourth-order valence-electron chi connectivity index (χ4n) is 2.35. The normalized spacial score (nSPS) is 11.1. The van der Waals surface area contributed by atoms with E-state index in [1.165, 1.54) is 0 Å². The van der Waals surface area contributed by atoms with E-state index < -0.39 is 0 Å². The molecule has 2 heterocycles. The van der Waals surface area contributed by atoms with Crippen LogP contribution in [0, 0.1) is 6.92 Å². The molecule has 1 N–H and O–H groups in total. The molecule has 0 aliphatic carbocycles. The van der Waals surface area contributed by atoms with E-state index in [9.17, 15) is 4.79 Å². The summed E-state index contributed by atoms with van der Waals surface area (Å²) < 4.78 is 5.12. The van der Waals surface area contributed by atoms with Crippen molar-refractivity contribution in [2.75, 3.05) is 6.61 Å². The van der Waals surface area contributed by atoms with Gasteiger partial charge >= 0.3 is 5.97 Å². The topological polar surface area (TPSA) is 55.0 Å². The number of rotatable bonds is 2. The first-order chi connectivity index (χ1) is 9.20. The third-order valence-corrected chi connectivity index (χ3v) is 3.15. The molecule has 0 fully saturated rings. The molecule has 3 aromatic rings. The average molecular weight is 254 g/mol. The summed E-state index contributed by atoms with van der Waals surface area (Å²) in [5.41, 5.74) is 3.36. The molecule has 1 aromatic carbocycles. The Morgan fingerprint density at radius 3 is 2.95 bits per heavy atom. The Hall–Kier alpha value is -2.36. The van der Waals surface area contributed by atoms with Crippen molar-refractivity contribution in [1.29, 1.82) is 0 Å². The minimum Gasteiger partial charge on any atom is -0.462 e. The summed E-state index contributed by atoms with van der Waals surface area (Å²) in [6.07, 6.45) is 1.77. The molecule has 0 bridgehead atoms. The van der Waals surface area contributed by atoms with Gasteiger partial charge in [-0.3, -0.25) is 4.98 Å². The lowest BCUT2D eigenvalue weighted by molar-refractivity contribution is 0.0528. The van der Waals surface area contributed by atoms with Crippen LogP contribution in [0.1, 0.15) is 23.0 Å². The van der Waals surface area contributed by atoms with Gasteiger partial charge < -0.3 is 9.72 Å². The van der Waals surface area contributed by atoms with Crippen molar-refractivity contribution in [1.82, 2.24) is 9.97 Å². The van der Waals surface area contributed by atoms with Crippen LogP contribution in [-0.4, -0.2) is 22.5 Å². The Morgan fingerprint density at radius 2 is 2.16 bits per heavy atom. The number of nitrogens with zero attached hydrogens (tertiary/aromatic N) is 1. The highest BCUT2D eigenvalue weighted by Gasteiger charge is 2.14. The van der Waals surface area contributed by atoms with Crippen molar-refractivity contribution in [3.05, 3.63) is 41.7 Å². The van der Waals surface area contributed by atoms with Gasteiger partial charge in [0.25, 0.3) is 0 Å². The first-order valence-corrected chi connectivity index (χ1v) is 6.25. The molecule has 19 heavy (non-hydrogen) atoms. The molecule has 0 spiro atoms. The van der Waals surface area contributed by atoms with E-state index in [2.05, 4.69) is 9.97 Å². The number of hydrogen-bond acceptors (Lipinski definition) is 3. The van der Waals surface area contributed by atoms with Crippen molar-refractivity contribution in [2.24, 2.45) is 0 Å². The first-order valence-electron chi connectivity index (χ1n) is 6.25. The maximum absolute atomic E-state index is 12.0. The standard InChI is InChI=1S/C15H14N2O2/c1-3-19-15(18)12-8-9(2)17-14-10(12)4-5-13-11(14)6-7-16-13/h4-8,17H,3H2,1-2H3. The third kappa shape index (κ3) is 1.85. The van der Waals surface area contributed by atoms with Crippen LogP contribution in [0.3, 0.4) is 0 Å². The van der Waals surface area contributed by atoms with Crippen LogP contribution < -0.4 is 0 Å². The highest BCUT2D eigenvalue weighted by atomic mass is 16.5. The van der Waals surface area contributed by atoms with Crippen LogP contribution in [0.2, 0.25) is 0 Å². The Labute approximate surface area is 110 Å². The molecule has 2 aromatic heterocycles. The highest BCUT2D eigenvalue weighted by Crippen LogP contribution is 2.26. The lowest BCUT2D eigenvalue weighted by atomic mass is 10.1. The number of aromatic amines is 1. The smallest absolute Gasteiger partial charge is 0.338 e. The zero-order chi connectivity index (χ0) is 13.4. The number of nitrogens with one attached hydrogen (secondary N) is 1. The Kier molecular flexibility index (Phi) is 2.71. The van der Waals surface area contributed by atoms with Crippen LogP contribution >= 0.6 is 0 Å². The summed E-state index contributed by atoms with van der Waals surface area (Å²) in [6, 6.07) is 7.60. The molecule has 4 nitrogen and oxygen atoms in total. The second kappa shape index (κ2) is 4.39. The van der Waals surface area contributed by atoms with Gasteiger partial charge in [-0.2, -0.15) is 0 Å². The number of aryl methyl sites for hydroxylation is 1. The van der Waals surface area contributed by atoms with Crippen molar-refractivity contribution < 1.29 is 9.53 Å². The van der Waals surface area contributed by atoms with Crippen molar-refractivity contribution in [3.63, 3.8) is 0 Å². The zero-order valence-corrected chi connectivity index (χ0v) is 10.9. The number of carbonyl (C=O) groups excluding carboxylic acids is 1. The van der Waals surface area contributed by atoms with Gasteiger partial charge in [-0.15, -0.1) is 0 Å². The number of esters is 1. The Morgan fingerprint density at radius 1 is 1.32 bits per heavy atom. The number of pyridine rings is 1. The van der Waals surface area contributed by atoms with E-state index in [1.54, 1.807) is 13.1 Å². The average Bonchev–Trinajstić information content (AvgIpc) is 2.86. The molecule has 0 saturated heterocycles. The summed E-state index contributed by atoms with van der Waals surface area (Å²) in [7, 11) is 0. The molecule has 0 atom stereocenters. The fraction of sp³-hybridized carbons (Fsp3) is 0.200. The number of fused-ring (bicyclic) bond motifs is 3. The number of H-pyrrole nitrogens is 1. The van der Waals surface area contributed by atoms with Gasteiger partial charge in [0.2, 0.25) is 0 Å². The molecule has 0 unspecified atom stereocenters. The quantitative estimate of drug-likeness (QED) is 0.714. The second-order valence-corrected chi connectivity index (χ2v) is 4.45. The van der Waals surface area contributed by atoms with Crippen LogP contribution in [0.5, 0.6) is 0 Å². The maximum atomic E-state index is 12.0. The van der Waals surface area contributed by atoms with E-state index in [0.29, 0.717) is 12.2 Å². The number of benzene rings is 1. The van der Waals surface area contributed by atoms with Gasteiger partial charge in [0.05, 0.1) is 23.2 Å². The Bertz CT molecular complexity index is 774. The summed E-state index contributed by atoms with van der Waals surface area (Å²) >= 11 is 0. The van der Waals surface area contributed by atoms with Crippen LogP contribution in [-0.2, 0) is 4.74 Å². The van der Waals surface area contributed by atoms with E-state index >= 15 is 0 Å². The molecule has 0 saturated carbocycles. The minimum absolute atomic E-state index is 0.288. The van der Waals surface area contributed by atoms with Gasteiger partial charge in [-0.25, -0.2) is 4.79 Å². The maximum Gasteiger partial charge on any atom is 0.338 e. The fourth-order valence-corrected chi connectivity index (χ4v) is 2.35. The van der Waals surface area contributed by atoms with Crippen molar-refractivity contribution in [3.8, 4) is 0 Å². The summed E-state index contributed by atoms with van der Waals surface area (Å²) in [6.45, 7) is 4.11. The predicted octanol–water partition coefficient (Wildman–Crippen LogP) is 3.20. The molecule has 96 valence electrons. The minimum atomic E-state index is -0.288. The van der Waals surface area contributed by atoms with Crippen LogP contribution in [0.15, 0.2) is 30.5 Å². The molecule has 0 aliphatic rings. The van der Waals surface area contributed by atoms with Gasteiger partial charge in [0, 0.05) is 22.7 Å². The van der Waals surface area contributed by atoms with Crippen molar-refractivity contribution in [2.45, 2.75) is 13.8 Å². The lowest BCUT2D eigenvalue weighted by Gasteiger charge is -2.09. The zero-order valence-electron chi connectivity index (χ0n) is 10.9. The number of hydrogen-bond donors (Lipinski definition) is 1. The monoisotopic (exact) mass is 254 g/mol. The molecular weight excluding hydrogens is 240 g/mol.